The number of hydrogen-bond donors (Lipinski definition) is 2. The number of nitrogens with one attached hydrogen (secondary N) is 1. The molecule has 1 aliphatic heterocycles. The van der Waals surface area contributed by atoms with Crippen molar-refractivity contribution in [2.45, 2.75) is 45.3 Å². The van der Waals surface area contributed by atoms with Gasteiger partial charge in [-0.05, 0) is 56.2 Å². The van der Waals surface area contributed by atoms with E-state index < -0.39 is 0 Å². The van der Waals surface area contributed by atoms with Crippen LogP contribution < -0.4 is 5.32 Å². The number of anilines is 1. The van der Waals surface area contributed by atoms with E-state index in [1.54, 1.807) is 11.8 Å². The average molecular weight is 332 g/mol. The summed E-state index contributed by atoms with van der Waals surface area (Å²) in [5.41, 5.74) is 1.88. The van der Waals surface area contributed by atoms with Crippen molar-refractivity contribution >= 4 is 11.7 Å². The summed E-state index contributed by atoms with van der Waals surface area (Å²) in [4.78, 5) is 14.3. The second-order valence-electron chi connectivity index (χ2n) is 7.18. The quantitative estimate of drug-likeness (QED) is 0.841. The molecule has 1 saturated carbocycles. The molecule has 3 rings (SSSR count). The van der Waals surface area contributed by atoms with Crippen LogP contribution >= 0.6 is 0 Å². The van der Waals surface area contributed by atoms with Crippen LogP contribution in [0.4, 0.5) is 10.5 Å². The minimum atomic E-state index is -0.368. The Bertz CT molecular complexity index is 557. The zero-order valence-electron chi connectivity index (χ0n) is 14.4. The first-order valence-electron chi connectivity index (χ1n) is 9.02. The van der Waals surface area contributed by atoms with Crippen LogP contribution in [0.5, 0.6) is 0 Å². The van der Waals surface area contributed by atoms with Gasteiger partial charge in [-0.1, -0.05) is 12.1 Å². The van der Waals surface area contributed by atoms with Gasteiger partial charge in [-0.15, -0.1) is 0 Å². The van der Waals surface area contributed by atoms with E-state index in [9.17, 15) is 9.90 Å². The van der Waals surface area contributed by atoms with E-state index in [1.807, 2.05) is 24.3 Å². The van der Waals surface area contributed by atoms with Gasteiger partial charge in [0, 0.05) is 31.3 Å². The highest BCUT2D eigenvalue weighted by molar-refractivity contribution is 5.89. The van der Waals surface area contributed by atoms with E-state index in [2.05, 4.69) is 5.32 Å². The molecule has 5 nitrogen and oxygen atoms in total. The first kappa shape index (κ1) is 17.2. The second kappa shape index (κ2) is 7.99. The standard InChI is InChI=1S/C19H28N2O3/c1-14(22)17-5-3-9-21(11-17)19(23)20-18-6-2-4-16(10-18)13-24-12-15-7-8-15/h2,4,6,10,14-15,17,22H,3,5,7-9,11-13H2,1H3,(H,20,23). The third kappa shape index (κ3) is 4.95. The van der Waals surface area contributed by atoms with Gasteiger partial charge in [-0.25, -0.2) is 4.79 Å². The largest absolute Gasteiger partial charge is 0.393 e. The summed E-state index contributed by atoms with van der Waals surface area (Å²) in [6, 6.07) is 7.75. The molecule has 1 aliphatic carbocycles. The van der Waals surface area contributed by atoms with E-state index in [1.165, 1.54) is 12.8 Å². The van der Waals surface area contributed by atoms with E-state index in [-0.39, 0.29) is 18.1 Å². The molecule has 2 aliphatic rings. The molecule has 5 heteroatoms. The van der Waals surface area contributed by atoms with E-state index in [4.69, 9.17) is 4.74 Å². The summed E-state index contributed by atoms with van der Waals surface area (Å²) < 4.78 is 5.71. The van der Waals surface area contributed by atoms with Crippen molar-refractivity contribution < 1.29 is 14.6 Å². The molecular weight excluding hydrogens is 304 g/mol. The van der Waals surface area contributed by atoms with Crippen LogP contribution in [-0.2, 0) is 11.3 Å². The maximum Gasteiger partial charge on any atom is 0.321 e. The molecule has 2 atom stereocenters. The molecule has 1 heterocycles. The summed E-state index contributed by atoms with van der Waals surface area (Å²) >= 11 is 0. The summed E-state index contributed by atoms with van der Waals surface area (Å²) in [6.07, 6.45) is 4.14. The summed E-state index contributed by atoms with van der Waals surface area (Å²) in [6.45, 7) is 4.60. The van der Waals surface area contributed by atoms with Gasteiger partial charge in [0.15, 0.2) is 0 Å². The maximum atomic E-state index is 12.5. The van der Waals surface area contributed by atoms with Gasteiger partial charge in [0.1, 0.15) is 0 Å². The van der Waals surface area contributed by atoms with Crippen molar-refractivity contribution in [3.05, 3.63) is 29.8 Å². The Morgan fingerprint density at radius 3 is 3.00 bits per heavy atom. The molecule has 132 valence electrons. The van der Waals surface area contributed by atoms with Gasteiger partial charge < -0.3 is 20.1 Å². The van der Waals surface area contributed by atoms with Crippen LogP contribution in [-0.4, -0.2) is 41.8 Å². The SMILES string of the molecule is CC(O)C1CCCN(C(=O)Nc2cccc(COCC3CC3)c2)C1. The lowest BCUT2D eigenvalue weighted by Gasteiger charge is -2.34. The first-order valence-corrected chi connectivity index (χ1v) is 9.02. The van der Waals surface area contributed by atoms with Crippen molar-refractivity contribution in [1.82, 2.24) is 4.90 Å². The highest BCUT2D eigenvalue weighted by Crippen LogP contribution is 2.29. The van der Waals surface area contributed by atoms with E-state index in [0.29, 0.717) is 13.2 Å². The molecule has 24 heavy (non-hydrogen) atoms. The molecule has 0 spiro atoms. The molecule has 1 aromatic rings. The molecule has 0 radical (unpaired) electrons. The van der Waals surface area contributed by atoms with Crippen LogP contribution in [0, 0.1) is 11.8 Å². The minimum absolute atomic E-state index is 0.0867. The number of aliphatic hydroxyl groups is 1. The van der Waals surface area contributed by atoms with Crippen molar-refractivity contribution in [3.8, 4) is 0 Å². The molecular formula is C19H28N2O3. The van der Waals surface area contributed by atoms with E-state index >= 15 is 0 Å². The third-order valence-corrected chi connectivity index (χ3v) is 4.92. The normalized spacial score (nSPS) is 22.2. The molecule has 2 N–H and O–H groups in total. The monoisotopic (exact) mass is 332 g/mol. The second-order valence-corrected chi connectivity index (χ2v) is 7.18. The Kier molecular flexibility index (Phi) is 5.74. The number of carbonyl (C=O) groups excluding carboxylic acids is 1. The van der Waals surface area contributed by atoms with Gasteiger partial charge in [-0.2, -0.15) is 0 Å². The Labute approximate surface area is 144 Å². The Balaban J connectivity index is 1.51. The summed E-state index contributed by atoms with van der Waals surface area (Å²) in [7, 11) is 0. The van der Waals surface area contributed by atoms with Gasteiger partial charge in [0.25, 0.3) is 0 Å². The molecule has 2 unspecified atom stereocenters. The predicted molar refractivity (Wildman–Crippen MR) is 93.8 cm³/mol. The number of nitrogens with zero attached hydrogens (tertiary/aromatic N) is 1. The number of likely N-dealkylation sites (tertiary alicyclic amines) is 1. The van der Waals surface area contributed by atoms with Gasteiger partial charge in [0.05, 0.1) is 12.7 Å². The molecule has 1 saturated heterocycles. The molecule has 0 aromatic heterocycles. The van der Waals surface area contributed by atoms with Crippen LogP contribution in [0.3, 0.4) is 0 Å². The summed E-state index contributed by atoms with van der Waals surface area (Å²) in [5.74, 6) is 0.931. The van der Waals surface area contributed by atoms with Crippen molar-refractivity contribution in [3.63, 3.8) is 0 Å². The fourth-order valence-electron chi connectivity index (χ4n) is 3.16. The number of hydrogen-bond acceptors (Lipinski definition) is 3. The zero-order chi connectivity index (χ0) is 16.9. The number of rotatable bonds is 6. The average Bonchev–Trinajstić information content (AvgIpc) is 3.39. The van der Waals surface area contributed by atoms with Gasteiger partial charge >= 0.3 is 6.03 Å². The lowest BCUT2D eigenvalue weighted by atomic mass is 9.94. The summed E-state index contributed by atoms with van der Waals surface area (Å²) in [5, 5.41) is 12.7. The van der Waals surface area contributed by atoms with E-state index in [0.717, 1.165) is 43.2 Å². The zero-order valence-corrected chi connectivity index (χ0v) is 14.4. The van der Waals surface area contributed by atoms with Crippen molar-refractivity contribution in [1.29, 1.82) is 0 Å². The predicted octanol–water partition coefficient (Wildman–Crippen LogP) is 3.24. The number of amides is 2. The number of ether oxygens (including phenoxy) is 1. The van der Waals surface area contributed by atoms with Crippen LogP contribution in [0.25, 0.3) is 0 Å². The smallest absolute Gasteiger partial charge is 0.321 e. The van der Waals surface area contributed by atoms with Crippen LogP contribution in [0.15, 0.2) is 24.3 Å². The number of piperidine rings is 1. The fourth-order valence-corrected chi connectivity index (χ4v) is 3.16. The van der Waals surface area contributed by atoms with Crippen LogP contribution in [0.2, 0.25) is 0 Å². The fraction of sp³-hybridized carbons (Fsp3) is 0.632. The number of carbonyl (C=O) groups is 1. The van der Waals surface area contributed by atoms with Gasteiger partial charge in [0.2, 0.25) is 0 Å². The number of urea groups is 1. The minimum Gasteiger partial charge on any atom is -0.393 e. The Hall–Kier alpha value is -1.59. The molecule has 1 aromatic carbocycles. The van der Waals surface area contributed by atoms with Gasteiger partial charge in [-0.3, -0.25) is 0 Å². The third-order valence-electron chi connectivity index (χ3n) is 4.92. The van der Waals surface area contributed by atoms with Crippen LogP contribution in [0.1, 0.15) is 38.2 Å². The highest BCUT2D eigenvalue weighted by Gasteiger charge is 2.26. The molecule has 0 bridgehead atoms. The number of benzene rings is 1. The Morgan fingerprint density at radius 2 is 2.25 bits per heavy atom. The first-order chi connectivity index (χ1) is 11.6. The molecule has 2 amide bonds. The molecule has 2 fully saturated rings. The highest BCUT2D eigenvalue weighted by atomic mass is 16.5. The lowest BCUT2D eigenvalue weighted by molar-refractivity contribution is 0.0766. The lowest BCUT2D eigenvalue weighted by Crippen LogP contribution is -2.44. The topological polar surface area (TPSA) is 61.8 Å². The number of aliphatic hydroxyl groups excluding tert-OH is 1. The van der Waals surface area contributed by atoms with Crippen molar-refractivity contribution in [2.24, 2.45) is 11.8 Å². The maximum absolute atomic E-state index is 12.5. The Morgan fingerprint density at radius 1 is 1.42 bits per heavy atom. The van der Waals surface area contributed by atoms with Crippen molar-refractivity contribution in [2.75, 3.05) is 25.0 Å².